The van der Waals surface area contributed by atoms with E-state index in [1.165, 1.54) is 12.1 Å². The van der Waals surface area contributed by atoms with E-state index in [1.54, 1.807) is 19.1 Å². The van der Waals surface area contributed by atoms with Gasteiger partial charge < -0.3 is 26.2 Å². The summed E-state index contributed by atoms with van der Waals surface area (Å²) >= 11 is 6.58. The van der Waals surface area contributed by atoms with Crippen LogP contribution in [0.2, 0.25) is 5.02 Å². The van der Waals surface area contributed by atoms with Crippen LogP contribution < -0.4 is 21.1 Å². The first-order chi connectivity index (χ1) is 16.1. The Bertz CT molecular complexity index is 1270. The number of nitrogens with two attached hydrogens (primary N) is 2. The molecule has 0 aromatic heterocycles. The Morgan fingerprint density at radius 1 is 1.15 bits per heavy atom. The quantitative estimate of drug-likeness (QED) is 0.410. The third kappa shape index (κ3) is 4.83. The smallest absolute Gasteiger partial charge is 0.280 e. The number of hydrogen-bond acceptors (Lipinski definition) is 7. The van der Waals surface area contributed by atoms with Crippen molar-refractivity contribution in [1.29, 1.82) is 0 Å². The fourth-order valence-corrected chi connectivity index (χ4v) is 6.05. The van der Waals surface area contributed by atoms with Crippen molar-refractivity contribution < 1.29 is 23.1 Å². The van der Waals surface area contributed by atoms with Gasteiger partial charge in [-0.2, -0.15) is 4.99 Å². The Morgan fingerprint density at radius 2 is 1.85 bits per heavy atom. The number of carbonyl (C=O) groups is 1. The number of aliphatic hydroxyl groups excluding tert-OH is 1. The zero-order valence-electron chi connectivity index (χ0n) is 18.6. The molecular formula is C22H26ClN5O5S. The van der Waals surface area contributed by atoms with Crippen LogP contribution in [0.25, 0.3) is 0 Å². The summed E-state index contributed by atoms with van der Waals surface area (Å²) in [5.41, 5.74) is 12.3. The lowest BCUT2D eigenvalue weighted by Gasteiger charge is -2.36. The van der Waals surface area contributed by atoms with Gasteiger partial charge in [0.05, 0.1) is 17.4 Å². The zero-order valence-corrected chi connectivity index (χ0v) is 20.2. The molecule has 0 saturated carbocycles. The number of fused-ring (bicyclic) bond motifs is 2. The Kier molecular flexibility index (Phi) is 6.72. The van der Waals surface area contributed by atoms with Gasteiger partial charge in [-0.25, -0.2) is 8.42 Å². The van der Waals surface area contributed by atoms with Crippen molar-refractivity contribution in [2.24, 2.45) is 16.5 Å². The highest BCUT2D eigenvalue weighted by atomic mass is 35.5. The molecule has 0 atom stereocenters. The summed E-state index contributed by atoms with van der Waals surface area (Å²) in [6, 6.07) is 6.26. The van der Waals surface area contributed by atoms with E-state index in [-0.39, 0.29) is 34.3 Å². The molecule has 182 valence electrons. The van der Waals surface area contributed by atoms with Gasteiger partial charge in [-0.1, -0.05) is 11.6 Å². The van der Waals surface area contributed by atoms with Crippen molar-refractivity contribution in [3.63, 3.8) is 0 Å². The van der Waals surface area contributed by atoms with Gasteiger partial charge >= 0.3 is 0 Å². The largest absolute Gasteiger partial charge is 0.454 e. The van der Waals surface area contributed by atoms with Crippen LogP contribution in [0.15, 0.2) is 34.2 Å². The fourth-order valence-electron chi connectivity index (χ4n) is 4.20. The maximum absolute atomic E-state index is 13.4. The lowest BCUT2D eigenvalue weighted by Crippen LogP contribution is -2.47. The minimum atomic E-state index is -3.88. The predicted molar refractivity (Wildman–Crippen MR) is 129 cm³/mol. The maximum Gasteiger partial charge on any atom is 0.280 e. The van der Waals surface area contributed by atoms with E-state index in [0.717, 1.165) is 31.9 Å². The number of aliphatic hydroxyl groups is 1. The molecule has 0 spiro atoms. The van der Waals surface area contributed by atoms with Gasteiger partial charge in [-0.15, -0.1) is 0 Å². The molecule has 0 aliphatic carbocycles. The molecule has 2 heterocycles. The van der Waals surface area contributed by atoms with Gasteiger partial charge in [-0.3, -0.25) is 9.69 Å². The summed E-state index contributed by atoms with van der Waals surface area (Å²) < 4.78 is 32.8. The van der Waals surface area contributed by atoms with Crippen molar-refractivity contribution in [1.82, 2.24) is 4.90 Å². The highest BCUT2D eigenvalue weighted by Crippen LogP contribution is 2.45. The monoisotopic (exact) mass is 507 g/mol. The van der Waals surface area contributed by atoms with Crippen LogP contribution >= 0.6 is 11.6 Å². The first-order valence-electron chi connectivity index (χ1n) is 10.7. The SMILES string of the molecule is Cc1cc(C(=O)N=C(N)N)cc2c1Oc1c(Cl)cc(N3CCN(CCO)CC3)cc1CS2(=O)=O. The molecule has 1 amide bonds. The van der Waals surface area contributed by atoms with Crippen LogP contribution in [0, 0.1) is 6.92 Å². The molecule has 12 heteroatoms. The molecule has 34 heavy (non-hydrogen) atoms. The third-order valence-electron chi connectivity index (χ3n) is 5.86. The van der Waals surface area contributed by atoms with Crippen molar-refractivity contribution in [3.05, 3.63) is 46.0 Å². The number of halogens is 1. The zero-order chi connectivity index (χ0) is 24.6. The second kappa shape index (κ2) is 9.41. The second-order valence-electron chi connectivity index (χ2n) is 8.29. The number of sulfone groups is 1. The van der Waals surface area contributed by atoms with Crippen molar-refractivity contribution in [2.75, 3.05) is 44.2 Å². The minimum absolute atomic E-state index is 0.0373. The number of guanidine groups is 1. The summed E-state index contributed by atoms with van der Waals surface area (Å²) in [4.78, 5) is 20.0. The van der Waals surface area contributed by atoms with Gasteiger partial charge in [0, 0.05) is 49.5 Å². The molecule has 0 bridgehead atoms. The average Bonchev–Trinajstić information content (AvgIpc) is 2.88. The summed E-state index contributed by atoms with van der Waals surface area (Å²) in [7, 11) is -3.88. The lowest BCUT2D eigenvalue weighted by molar-refractivity contribution is 0.100. The van der Waals surface area contributed by atoms with Crippen LogP contribution in [0.3, 0.4) is 0 Å². The van der Waals surface area contributed by atoms with Crippen LogP contribution in [0.5, 0.6) is 11.5 Å². The van der Waals surface area contributed by atoms with Crippen molar-refractivity contribution >= 4 is 39.0 Å². The predicted octanol–water partition coefficient (Wildman–Crippen LogP) is 1.26. The van der Waals surface area contributed by atoms with Crippen LogP contribution in [-0.2, 0) is 15.6 Å². The summed E-state index contributed by atoms with van der Waals surface area (Å²) in [5, 5.41) is 9.45. The summed E-state index contributed by atoms with van der Waals surface area (Å²) in [5.74, 6) is -1.11. The third-order valence-corrected chi connectivity index (χ3v) is 7.81. The number of carbonyl (C=O) groups excluding carboxylic acids is 1. The number of aliphatic imine (C=N–C) groups is 1. The van der Waals surface area contributed by atoms with Crippen molar-refractivity contribution in [3.8, 4) is 11.5 Å². The number of nitrogens with zero attached hydrogens (tertiary/aromatic N) is 3. The maximum atomic E-state index is 13.4. The standard InChI is InChI=1S/C22H26ClN5O5S/c1-13-8-14(21(30)26-22(24)25)10-18-19(13)33-20-15(12-34(18,31)32)9-16(11-17(20)23)28-4-2-27(3-5-28)6-7-29/h8-11,29H,2-7,12H2,1H3,(H4,24,25,26,30). The normalized spacial score (nSPS) is 17.2. The topological polar surface area (TPSA) is 152 Å². The minimum Gasteiger partial charge on any atom is -0.454 e. The number of aryl methyl sites for hydroxylation is 1. The molecule has 2 aromatic rings. The molecule has 2 aliphatic heterocycles. The Hall–Kier alpha value is -2.86. The van der Waals surface area contributed by atoms with Gasteiger partial charge in [0.2, 0.25) is 0 Å². The van der Waals surface area contributed by atoms with Gasteiger partial charge in [0.15, 0.2) is 15.8 Å². The molecule has 2 aliphatic rings. The number of piperazine rings is 1. The number of rotatable bonds is 4. The molecule has 1 fully saturated rings. The van der Waals surface area contributed by atoms with Gasteiger partial charge in [0.1, 0.15) is 16.4 Å². The van der Waals surface area contributed by atoms with E-state index in [0.29, 0.717) is 22.7 Å². The summed E-state index contributed by atoms with van der Waals surface area (Å²) in [6.45, 7) is 5.37. The number of amides is 1. The Morgan fingerprint density at radius 3 is 2.50 bits per heavy atom. The van der Waals surface area contributed by atoms with Crippen LogP contribution in [0.1, 0.15) is 21.5 Å². The molecule has 1 saturated heterocycles. The summed E-state index contributed by atoms with van der Waals surface area (Å²) in [6.07, 6.45) is 0. The van der Waals surface area contributed by atoms with E-state index < -0.39 is 21.7 Å². The van der Waals surface area contributed by atoms with Crippen LogP contribution in [0.4, 0.5) is 5.69 Å². The number of benzene rings is 2. The van der Waals surface area contributed by atoms with E-state index in [9.17, 15) is 13.2 Å². The molecule has 5 N–H and O–H groups in total. The Labute approximate surface area is 202 Å². The molecular weight excluding hydrogens is 482 g/mol. The number of ether oxygens (including phenoxy) is 1. The number of anilines is 1. The van der Waals surface area contributed by atoms with E-state index in [1.807, 2.05) is 0 Å². The van der Waals surface area contributed by atoms with Crippen LogP contribution in [-0.4, -0.2) is 69.6 Å². The number of hydrogen-bond donors (Lipinski definition) is 3. The second-order valence-corrected chi connectivity index (χ2v) is 10.7. The Balaban J connectivity index is 1.71. The fraction of sp³-hybridized carbons (Fsp3) is 0.364. The van der Waals surface area contributed by atoms with Gasteiger partial charge in [0.25, 0.3) is 5.91 Å². The number of β-amino-alcohol motifs (C(OH)–C–C–N with tert-alkyl or cyclic N) is 1. The molecule has 10 nitrogen and oxygen atoms in total. The van der Waals surface area contributed by atoms with E-state index in [4.69, 9.17) is 32.9 Å². The van der Waals surface area contributed by atoms with Gasteiger partial charge in [-0.05, 0) is 36.8 Å². The van der Waals surface area contributed by atoms with E-state index >= 15 is 0 Å². The highest BCUT2D eigenvalue weighted by Gasteiger charge is 2.32. The highest BCUT2D eigenvalue weighted by molar-refractivity contribution is 7.90. The van der Waals surface area contributed by atoms with Crippen molar-refractivity contribution in [2.45, 2.75) is 17.6 Å². The molecule has 4 rings (SSSR count). The molecule has 0 radical (unpaired) electrons. The van der Waals surface area contributed by atoms with E-state index in [2.05, 4.69) is 14.8 Å². The molecule has 2 aromatic carbocycles. The molecule has 0 unspecified atom stereocenters. The first-order valence-corrected chi connectivity index (χ1v) is 12.7. The lowest BCUT2D eigenvalue weighted by atomic mass is 10.1. The average molecular weight is 508 g/mol. The first kappa shape index (κ1) is 24.3.